The number of aromatic nitrogens is 1. The quantitative estimate of drug-likeness (QED) is 0.873. The Balaban J connectivity index is 2.27. The number of rotatable bonds is 4. The molecule has 1 aromatic heterocycles. The lowest BCUT2D eigenvalue weighted by Gasteiger charge is -1.98. The summed E-state index contributed by atoms with van der Waals surface area (Å²) in [5, 5.41) is 4.25. The zero-order valence-electron chi connectivity index (χ0n) is 10.4. The molecule has 0 unspecified atom stereocenters. The minimum Gasteiger partial charge on any atom is -0.348 e. The predicted octanol–water partition coefficient (Wildman–Crippen LogP) is 3.69. The molecule has 1 amide bonds. The number of nitrogens with zero attached hydrogens (tertiary/aromatic N) is 1. The Hall–Kier alpha value is -1.65. The van der Waals surface area contributed by atoms with Crippen LogP contribution in [0.15, 0.2) is 36.9 Å². The molecule has 0 saturated heterocycles. The maximum absolute atomic E-state index is 11.9. The van der Waals surface area contributed by atoms with E-state index in [0.29, 0.717) is 16.4 Å². The van der Waals surface area contributed by atoms with Crippen LogP contribution < -0.4 is 5.32 Å². The maximum Gasteiger partial charge on any atom is 0.263 e. The van der Waals surface area contributed by atoms with Crippen LogP contribution >= 0.6 is 22.9 Å². The van der Waals surface area contributed by atoms with Crippen LogP contribution in [-0.4, -0.2) is 17.4 Å². The predicted molar refractivity (Wildman–Crippen MR) is 79.8 cm³/mol. The first-order valence-electron chi connectivity index (χ1n) is 5.74. The molecule has 0 bridgehead atoms. The van der Waals surface area contributed by atoms with E-state index in [1.165, 1.54) is 11.3 Å². The van der Waals surface area contributed by atoms with Crippen LogP contribution in [0.1, 0.15) is 15.4 Å². The van der Waals surface area contributed by atoms with Gasteiger partial charge in [0.05, 0.1) is 5.69 Å². The molecule has 1 N–H and O–H groups in total. The molecule has 0 atom stereocenters. The number of benzene rings is 1. The molecule has 0 aliphatic heterocycles. The Kier molecular flexibility index (Phi) is 4.35. The van der Waals surface area contributed by atoms with E-state index in [4.69, 9.17) is 11.6 Å². The average molecular weight is 293 g/mol. The van der Waals surface area contributed by atoms with Crippen LogP contribution in [0.5, 0.6) is 0 Å². The van der Waals surface area contributed by atoms with Gasteiger partial charge >= 0.3 is 0 Å². The smallest absolute Gasteiger partial charge is 0.263 e. The molecule has 0 radical (unpaired) electrons. The van der Waals surface area contributed by atoms with Gasteiger partial charge in [0.2, 0.25) is 0 Å². The first-order valence-corrected chi connectivity index (χ1v) is 6.93. The van der Waals surface area contributed by atoms with Gasteiger partial charge in [0.1, 0.15) is 9.88 Å². The summed E-state index contributed by atoms with van der Waals surface area (Å²) in [5.74, 6) is -0.116. The van der Waals surface area contributed by atoms with Crippen molar-refractivity contribution >= 4 is 28.8 Å². The SMILES string of the molecule is C=CCNC(=O)c1sc(-c2ccc(Cl)cc2)nc1C. The van der Waals surface area contributed by atoms with Gasteiger partial charge in [0.25, 0.3) is 5.91 Å². The monoisotopic (exact) mass is 292 g/mol. The minimum atomic E-state index is -0.116. The summed E-state index contributed by atoms with van der Waals surface area (Å²) in [6.45, 7) is 5.85. The van der Waals surface area contributed by atoms with Crippen molar-refractivity contribution in [2.24, 2.45) is 0 Å². The molecule has 19 heavy (non-hydrogen) atoms. The van der Waals surface area contributed by atoms with Crippen molar-refractivity contribution in [3.05, 3.63) is 52.5 Å². The molecular formula is C14H13ClN2OS. The van der Waals surface area contributed by atoms with Gasteiger partial charge in [-0.25, -0.2) is 4.98 Å². The molecule has 2 aromatic rings. The first-order chi connectivity index (χ1) is 9.11. The van der Waals surface area contributed by atoms with Crippen LogP contribution in [0.2, 0.25) is 5.02 Å². The van der Waals surface area contributed by atoms with Gasteiger partial charge < -0.3 is 5.32 Å². The second-order valence-corrected chi connectivity index (χ2v) is 5.37. The number of hydrogen-bond acceptors (Lipinski definition) is 3. The Morgan fingerprint density at radius 3 is 2.79 bits per heavy atom. The van der Waals surface area contributed by atoms with Crippen molar-refractivity contribution in [1.29, 1.82) is 0 Å². The molecule has 1 aromatic carbocycles. The third-order valence-corrected chi connectivity index (χ3v) is 3.96. The molecule has 0 aliphatic rings. The van der Waals surface area contributed by atoms with E-state index in [9.17, 15) is 4.79 Å². The van der Waals surface area contributed by atoms with E-state index < -0.39 is 0 Å². The third kappa shape index (κ3) is 3.22. The average Bonchev–Trinajstić information content (AvgIpc) is 2.79. The highest BCUT2D eigenvalue weighted by molar-refractivity contribution is 7.17. The summed E-state index contributed by atoms with van der Waals surface area (Å²) < 4.78 is 0. The standard InChI is InChI=1S/C14H13ClN2OS/c1-3-8-16-13(18)12-9(2)17-14(19-12)10-4-6-11(15)7-5-10/h3-7H,1,8H2,2H3,(H,16,18). The van der Waals surface area contributed by atoms with Gasteiger partial charge in [-0.1, -0.05) is 29.8 Å². The number of halogens is 1. The first kappa shape index (κ1) is 13.8. The lowest BCUT2D eigenvalue weighted by atomic mass is 10.2. The summed E-state index contributed by atoms with van der Waals surface area (Å²) in [6, 6.07) is 7.41. The lowest BCUT2D eigenvalue weighted by molar-refractivity contribution is 0.0961. The highest BCUT2D eigenvalue weighted by Crippen LogP contribution is 2.28. The number of thiazole rings is 1. The van der Waals surface area contributed by atoms with Gasteiger partial charge in [-0.3, -0.25) is 4.79 Å². The number of carbonyl (C=O) groups excluding carboxylic acids is 1. The van der Waals surface area contributed by atoms with Gasteiger partial charge in [0.15, 0.2) is 0 Å². The van der Waals surface area contributed by atoms with Gasteiger partial charge in [0, 0.05) is 17.1 Å². The van der Waals surface area contributed by atoms with Crippen molar-refractivity contribution in [3.63, 3.8) is 0 Å². The van der Waals surface area contributed by atoms with Crippen LogP contribution in [-0.2, 0) is 0 Å². The second-order valence-electron chi connectivity index (χ2n) is 3.94. The molecule has 3 nitrogen and oxygen atoms in total. The number of amides is 1. The van der Waals surface area contributed by atoms with E-state index in [0.717, 1.165) is 16.3 Å². The zero-order chi connectivity index (χ0) is 13.8. The zero-order valence-corrected chi connectivity index (χ0v) is 12.0. The van der Waals surface area contributed by atoms with Crippen molar-refractivity contribution in [3.8, 4) is 10.6 Å². The molecule has 5 heteroatoms. The van der Waals surface area contributed by atoms with Crippen LogP contribution in [0.3, 0.4) is 0 Å². The summed E-state index contributed by atoms with van der Waals surface area (Å²) in [6.07, 6.45) is 1.65. The fourth-order valence-electron chi connectivity index (χ4n) is 1.57. The van der Waals surface area contributed by atoms with E-state index in [1.54, 1.807) is 6.08 Å². The third-order valence-electron chi connectivity index (χ3n) is 2.50. The maximum atomic E-state index is 11.9. The molecule has 0 fully saturated rings. The molecule has 0 spiro atoms. The number of carbonyl (C=O) groups is 1. The Labute approximate surface area is 120 Å². The summed E-state index contributed by atoms with van der Waals surface area (Å²) in [7, 11) is 0. The largest absolute Gasteiger partial charge is 0.348 e. The van der Waals surface area contributed by atoms with Crippen LogP contribution in [0.25, 0.3) is 10.6 Å². The van der Waals surface area contributed by atoms with Crippen molar-refractivity contribution in [2.45, 2.75) is 6.92 Å². The summed E-state index contributed by atoms with van der Waals surface area (Å²) >= 11 is 7.23. The van der Waals surface area contributed by atoms with Crippen LogP contribution in [0, 0.1) is 6.92 Å². The number of hydrogen-bond donors (Lipinski definition) is 1. The van der Waals surface area contributed by atoms with E-state index in [-0.39, 0.29) is 5.91 Å². The van der Waals surface area contributed by atoms with Crippen molar-refractivity contribution in [1.82, 2.24) is 10.3 Å². The lowest BCUT2D eigenvalue weighted by Crippen LogP contribution is -2.22. The number of aryl methyl sites for hydroxylation is 1. The highest BCUT2D eigenvalue weighted by Gasteiger charge is 2.15. The Morgan fingerprint density at radius 1 is 1.47 bits per heavy atom. The van der Waals surface area contributed by atoms with Gasteiger partial charge in [-0.15, -0.1) is 17.9 Å². The minimum absolute atomic E-state index is 0.116. The van der Waals surface area contributed by atoms with Gasteiger partial charge in [-0.2, -0.15) is 0 Å². The summed E-state index contributed by atoms with van der Waals surface area (Å²) in [5.41, 5.74) is 1.69. The Bertz CT molecular complexity index is 604. The fraction of sp³-hybridized carbons (Fsp3) is 0.143. The molecule has 0 aliphatic carbocycles. The van der Waals surface area contributed by atoms with Crippen molar-refractivity contribution < 1.29 is 4.79 Å². The van der Waals surface area contributed by atoms with Crippen LogP contribution in [0.4, 0.5) is 0 Å². The second kappa shape index (κ2) is 5.99. The summed E-state index contributed by atoms with van der Waals surface area (Å²) in [4.78, 5) is 17.0. The highest BCUT2D eigenvalue weighted by atomic mass is 35.5. The molecule has 1 heterocycles. The molecule has 98 valence electrons. The fourth-order valence-corrected chi connectivity index (χ4v) is 2.68. The van der Waals surface area contributed by atoms with E-state index in [2.05, 4.69) is 16.9 Å². The van der Waals surface area contributed by atoms with E-state index in [1.807, 2.05) is 31.2 Å². The number of nitrogens with one attached hydrogen (secondary N) is 1. The topological polar surface area (TPSA) is 42.0 Å². The normalized spacial score (nSPS) is 10.2. The molecular weight excluding hydrogens is 280 g/mol. The van der Waals surface area contributed by atoms with Crippen molar-refractivity contribution in [2.75, 3.05) is 6.54 Å². The van der Waals surface area contributed by atoms with E-state index >= 15 is 0 Å². The molecule has 0 saturated carbocycles. The Morgan fingerprint density at radius 2 is 2.16 bits per heavy atom. The van der Waals surface area contributed by atoms with Gasteiger partial charge in [-0.05, 0) is 19.1 Å². The molecule has 2 rings (SSSR count).